The number of imidazole rings is 1. The lowest BCUT2D eigenvalue weighted by Gasteiger charge is -2.04. The highest BCUT2D eigenvalue weighted by molar-refractivity contribution is 9.10. The van der Waals surface area contributed by atoms with E-state index in [0.717, 1.165) is 22.7 Å². The first kappa shape index (κ1) is 10.7. The summed E-state index contributed by atoms with van der Waals surface area (Å²) in [5.41, 5.74) is 1.28. The number of aromatic nitrogens is 2. The summed E-state index contributed by atoms with van der Waals surface area (Å²) >= 11 is 9.20. The number of rotatable bonds is 3. The predicted octanol–water partition coefficient (Wildman–Crippen LogP) is 3.54. The Hall–Kier alpha value is -0.800. The molecule has 0 unspecified atom stereocenters. The van der Waals surface area contributed by atoms with E-state index in [0.29, 0.717) is 0 Å². The molecule has 15 heavy (non-hydrogen) atoms. The summed E-state index contributed by atoms with van der Waals surface area (Å²) in [6.45, 7) is 0.919. The number of benzene rings is 1. The molecule has 0 bridgehead atoms. The highest BCUT2D eigenvalue weighted by Gasteiger charge is 1.98. The van der Waals surface area contributed by atoms with Crippen LogP contribution < -0.4 is 0 Å². The van der Waals surface area contributed by atoms with Gasteiger partial charge in [-0.2, -0.15) is 0 Å². The molecule has 0 aliphatic heterocycles. The Morgan fingerprint density at radius 2 is 2.00 bits per heavy atom. The second kappa shape index (κ2) is 4.81. The molecule has 1 aromatic carbocycles. The summed E-state index contributed by atoms with van der Waals surface area (Å²) in [4.78, 5) is 4.10. The van der Waals surface area contributed by atoms with Crippen LogP contribution in [0.2, 0.25) is 5.02 Å². The third-order valence-electron chi connectivity index (χ3n) is 2.22. The van der Waals surface area contributed by atoms with E-state index in [-0.39, 0.29) is 0 Å². The summed E-state index contributed by atoms with van der Waals surface area (Å²) in [6, 6.07) is 7.93. The second-order valence-corrected chi connectivity index (χ2v) is 4.41. The van der Waals surface area contributed by atoms with Crippen LogP contribution in [0.25, 0.3) is 0 Å². The van der Waals surface area contributed by atoms with E-state index in [1.165, 1.54) is 5.56 Å². The van der Waals surface area contributed by atoms with E-state index >= 15 is 0 Å². The molecule has 0 amide bonds. The maximum absolute atomic E-state index is 5.81. The minimum Gasteiger partial charge on any atom is -0.325 e. The van der Waals surface area contributed by atoms with Crippen molar-refractivity contribution in [3.8, 4) is 0 Å². The van der Waals surface area contributed by atoms with E-state index in [9.17, 15) is 0 Å². The fourth-order valence-corrected chi connectivity index (χ4v) is 1.92. The van der Waals surface area contributed by atoms with Crippen molar-refractivity contribution in [2.24, 2.45) is 0 Å². The minimum atomic E-state index is 0.780. The third-order valence-corrected chi connectivity index (χ3v) is 3.13. The van der Waals surface area contributed by atoms with Gasteiger partial charge in [-0.1, -0.05) is 23.7 Å². The van der Waals surface area contributed by atoms with Crippen molar-refractivity contribution in [3.63, 3.8) is 0 Å². The maximum Gasteiger partial charge on any atom is 0.177 e. The van der Waals surface area contributed by atoms with E-state index in [1.54, 1.807) is 6.20 Å². The van der Waals surface area contributed by atoms with Crippen LogP contribution in [0.3, 0.4) is 0 Å². The van der Waals surface area contributed by atoms with E-state index in [4.69, 9.17) is 11.6 Å². The molecule has 1 aromatic heterocycles. The van der Waals surface area contributed by atoms with E-state index < -0.39 is 0 Å². The van der Waals surface area contributed by atoms with Crippen LogP contribution in [0.5, 0.6) is 0 Å². The van der Waals surface area contributed by atoms with Crippen LogP contribution in [-0.4, -0.2) is 9.55 Å². The van der Waals surface area contributed by atoms with Gasteiger partial charge in [0.2, 0.25) is 0 Å². The SMILES string of the molecule is Clc1ccc(CCn2ccnc2Br)cc1. The van der Waals surface area contributed by atoms with Crippen molar-refractivity contribution in [1.82, 2.24) is 9.55 Å². The van der Waals surface area contributed by atoms with Crippen molar-refractivity contribution in [2.45, 2.75) is 13.0 Å². The number of nitrogens with zero attached hydrogens (tertiary/aromatic N) is 2. The fraction of sp³-hybridized carbons (Fsp3) is 0.182. The molecule has 1 heterocycles. The van der Waals surface area contributed by atoms with Crippen LogP contribution in [0.1, 0.15) is 5.56 Å². The van der Waals surface area contributed by atoms with Crippen molar-refractivity contribution < 1.29 is 0 Å². The Labute approximate surface area is 102 Å². The topological polar surface area (TPSA) is 17.8 Å². The van der Waals surface area contributed by atoms with Crippen LogP contribution >= 0.6 is 27.5 Å². The molecule has 0 aliphatic rings. The first-order valence-corrected chi connectivity index (χ1v) is 5.84. The zero-order chi connectivity index (χ0) is 10.7. The number of aryl methyl sites for hydroxylation is 2. The molecule has 0 atom stereocenters. The second-order valence-electron chi connectivity index (χ2n) is 3.27. The molecule has 0 radical (unpaired) electrons. The summed E-state index contributed by atoms with van der Waals surface area (Å²) in [7, 11) is 0. The molecular weight excluding hydrogens is 275 g/mol. The van der Waals surface area contributed by atoms with Gasteiger partial charge in [0, 0.05) is 24.0 Å². The molecule has 0 fully saturated rings. The molecule has 0 saturated carbocycles. The highest BCUT2D eigenvalue weighted by Crippen LogP contribution is 2.12. The van der Waals surface area contributed by atoms with Gasteiger partial charge >= 0.3 is 0 Å². The van der Waals surface area contributed by atoms with E-state index in [2.05, 4.69) is 25.5 Å². The van der Waals surface area contributed by atoms with Gasteiger partial charge in [-0.25, -0.2) is 4.98 Å². The predicted molar refractivity (Wildman–Crippen MR) is 65.1 cm³/mol. The average molecular weight is 286 g/mol. The first-order valence-electron chi connectivity index (χ1n) is 4.67. The molecule has 0 N–H and O–H groups in total. The van der Waals surface area contributed by atoms with Gasteiger partial charge in [-0.3, -0.25) is 0 Å². The normalized spacial score (nSPS) is 10.5. The lowest BCUT2D eigenvalue weighted by atomic mass is 10.1. The summed E-state index contributed by atoms with van der Waals surface area (Å²) < 4.78 is 2.94. The van der Waals surface area contributed by atoms with Gasteiger partial charge < -0.3 is 4.57 Å². The molecule has 2 aromatic rings. The lowest BCUT2D eigenvalue weighted by molar-refractivity contribution is 0.680. The zero-order valence-electron chi connectivity index (χ0n) is 8.03. The molecule has 2 nitrogen and oxygen atoms in total. The summed E-state index contributed by atoms with van der Waals surface area (Å²) in [5.74, 6) is 0. The Kier molecular flexibility index (Phi) is 3.44. The van der Waals surface area contributed by atoms with Gasteiger partial charge in [-0.15, -0.1) is 0 Å². The smallest absolute Gasteiger partial charge is 0.177 e. The standard InChI is InChI=1S/C11H10BrClN2/c12-11-14-6-8-15(11)7-5-9-1-3-10(13)4-2-9/h1-4,6,8H,5,7H2. The maximum atomic E-state index is 5.81. The van der Waals surface area contributed by atoms with Gasteiger partial charge in [0.15, 0.2) is 4.73 Å². The van der Waals surface area contributed by atoms with Gasteiger partial charge in [0.25, 0.3) is 0 Å². The Bertz CT molecular complexity index is 436. The first-order chi connectivity index (χ1) is 7.25. The van der Waals surface area contributed by atoms with Crippen molar-refractivity contribution in [3.05, 3.63) is 52.0 Å². The Morgan fingerprint density at radius 1 is 1.27 bits per heavy atom. The van der Waals surface area contributed by atoms with Crippen molar-refractivity contribution in [1.29, 1.82) is 0 Å². The van der Waals surface area contributed by atoms with E-state index in [1.807, 2.05) is 30.5 Å². The fourth-order valence-electron chi connectivity index (χ4n) is 1.38. The van der Waals surface area contributed by atoms with Gasteiger partial charge in [0.1, 0.15) is 0 Å². The molecule has 78 valence electrons. The molecule has 0 saturated heterocycles. The molecule has 2 rings (SSSR count). The third kappa shape index (κ3) is 2.83. The van der Waals surface area contributed by atoms with Crippen LogP contribution in [0, 0.1) is 0 Å². The van der Waals surface area contributed by atoms with Gasteiger partial charge in [-0.05, 0) is 40.0 Å². The number of halogens is 2. The largest absolute Gasteiger partial charge is 0.325 e. The summed E-state index contributed by atoms with van der Waals surface area (Å²) in [6.07, 6.45) is 4.72. The monoisotopic (exact) mass is 284 g/mol. The molecule has 0 aliphatic carbocycles. The Balaban J connectivity index is 1.99. The van der Waals surface area contributed by atoms with Crippen LogP contribution in [-0.2, 0) is 13.0 Å². The quantitative estimate of drug-likeness (QED) is 0.843. The van der Waals surface area contributed by atoms with Crippen molar-refractivity contribution >= 4 is 27.5 Å². The number of hydrogen-bond acceptors (Lipinski definition) is 1. The minimum absolute atomic E-state index is 0.780. The summed E-state index contributed by atoms with van der Waals surface area (Å²) in [5, 5.41) is 0.780. The lowest BCUT2D eigenvalue weighted by Crippen LogP contribution is -2.00. The van der Waals surface area contributed by atoms with Crippen LogP contribution in [0.15, 0.2) is 41.4 Å². The average Bonchev–Trinajstić information content (AvgIpc) is 2.63. The molecular formula is C11H10BrClN2. The highest BCUT2D eigenvalue weighted by atomic mass is 79.9. The molecule has 4 heteroatoms. The number of hydrogen-bond donors (Lipinski definition) is 0. The van der Waals surface area contributed by atoms with Crippen molar-refractivity contribution in [2.75, 3.05) is 0 Å². The van der Waals surface area contributed by atoms with Crippen LogP contribution in [0.4, 0.5) is 0 Å². The zero-order valence-corrected chi connectivity index (χ0v) is 10.4. The van der Waals surface area contributed by atoms with Gasteiger partial charge in [0.05, 0.1) is 0 Å². The molecule has 0 spiro atoms. The Morgan fingerprint density at radius 3 is 2.60 bits per heavy atom.